The third-order valence-corrected chi connectivity index (χ3v) is 9.97. The summed E-state index contributed by atoms with van der Waals surface area (Å²) in [6.45, 7) is 3.47. The van der Waals surface area contributed by atoms with Crippen LogP contribution in [-0.4, -0.2) is 90.8 Å². The van der Waals surface area contributed by atoms with Crippen LogP contribution < -0.4 is 16.0 Å². The number of fused-ring (bicyclic) bond motifs is 1. The van der Waals surface area contributed by atoms with Crippen molar-refractivity contribution in [2.45, 2.75) is 75.2 Å². The third kappa shape index (κ3) is 11.0. The van der Waals surface area contributed by atoms with Gasteiger partial charge in [-0.2, -0.15) is 13.2 Å². The number of methoxy groups -OCH3 is 1. The summed E-state index contributed by atoms with van der Waals surface area (Å²) in [5, 5.41) is 17.3. The molecule has 1 aromatic heterocycles. The molecule has 0 radical (unpaired) electrons. The second-order valence-electron chi connectivity index (χ2n) is 12.3. The Labute approximate surface area is 287 Å². The second kappa shape index (κ2) is 17.6. The maximum absolute atomic E-state index is 13.9. The number of carboxylic acids is 1. The molecule has 0 bridgehead atoms. The van der Waals surface area contributed by atoms with Crippen LogP contribution in [0.25, 0.3) is 10.1 Å². The second-order valence-corrected chi connectivity index (χ2v) is 13.4. The fraction of sp³-hybridized carbons (Fsp3) is 0.486. The average molecular weight is 705 g/mol. The molecule has 10 nitrogen and oxygen atoms in total. The van der Waals surface area contributed by atoms with Crippen LogP contribution in [-0.2, 0) is 25.5 Å². The average Bonchev–Trinajstić information content (AvgIpc) is 3.75. The number of amides is 3. The molecule has 0 spiro atoms. The van der Waals surface area contributed by atoms with E-state index in [9.17, 15) is 27.6 Å². The smallest absolute Gasteiger partial charge is 0.475 e. The van der Waals surface area contributed by atoms with E-state index in [0.717, 1.165) is 67.4 Å². The largest absolute Gasteiger partial charge is 0.490 e. The lowest BCUT2D eigenvalue weighted by Gasteiger charge is -2.31. The number of hydrogen-bond donors (Lipinski definition) is 4. The van der Waals surface area contributed by atoms with Crippen molar-refractivity contribution in [1.82, 2.24) is 20.9 Å². The SMILES string of the molecule is COC1CCN(CCCNC(=O)[C@@H](Cc2ccccc2)NC(=O)C2(NC(=O)c3cc4ccccc4s3)CCCC2)CC1.O=C(O)C(F)(F)F. The van der Waals surface area contributed by atoms with Gasteiger partial charge in [0.05, 0.1) is 11.0 Å². The number of rotatable bonds is 12. The number of thiophene rings is 1. The first-order valence-corrected chi connectivity index (χ1v) is 17.2. The van der Waals surface area contributed by atoms with Gasteiger partial charge in [-0.25, -0.2) is 4.79 Å². The predicted molar refractivity (Wildman–Crippen MR) is 180 cm³/mol. The number of halogens is 3. The number of hydrogen-bond acceptors (Lipinski definition) is 7. The van der Waals surface area contributed by atoms with Gasteiger partial charge in [-0.05, 0) is 61.7 Å². The van der Waals surface area contributed by atoms with Crippen molar-refractivity contribution in [3.05, 3.63) is 71.1 Å². The van der Waals surface area contributed by atoms with Crippen LogP contribution in [0.5, 0.6) is 0 Å². The van der Waals surface area contributed by atoms with E-state index in [2.05, 4.69) is 20.9 Å². The zero-order valence-electron chi connectivity index (χ0n) is 27.4. The van der Waals surface area contributed by atoms with Crippen molar-refractivity contribution in [3.63, 3.8) is 0 Å². The van der Waals surface area contributed by atoms with Crippen LogP contribution in [0.2, 0.25) is 0 Å². The van der Waals surface area contributed by atoms with E-state index in [1.54, 1.807) is 7.11 Å². The Kier molecular flexibility index (Phi) is 13.6. The van der Waals surface area contributed by atoms with Gasteiger partial charge in [0, 0.05) is 37.9 Å². The Hall–Kier alpha value is -4.01. The van der Waals surface area contributed by atoms with E-state index in [4.69, 9.17) is 14.6 Å². The lowest BCUT2D eigenvalue weighted by atomic mass is 9.94. The molecule has 4 N–H and O–H groups in total. The highest BCUT2D eigenvalue weighted by Crippen LogP contribution is 2.32. The Balaban J connectivity index is 0.000000698. The zero-order chi connectivity index (χ0) is 35.4. The summed E-state index contributed by atoms with van der Waals surface area (Å²) in [5.74, 6) is -3.49. The molecule has 14 heteroatoms. The van der Waals surface area contributed by atoms with Crippen molar-refractivity contribution in [2.75, 3.05) is 33.3 Å². The van der Waals surface area contributed by atoms with Crippen molar-refractivity contribution < 1.29 is 42.2 Å². The molecule has 266 valence electrons. The van der Waals surface area contributed by atoms with Gasteiger partial charge >= 0.3 is 12.1 Å². The number of carbonyl (C=O) groups is 4. The van der Waals surface area contributed by atoms with Crippen molar-refractivity contribution in [1.29, 1.82) is 0 Å². The molecule has 1 aliphatic carbocycles. The highest BCUT2D eigenvalue weighted by molar-refractivity contribution is 7.20. The molecule has 2 heterocycles. The first kappa shape index (κ1) is 37.8. The first-order valence-electron chi connectivity index (χ1n) is 16.4. The Bertz CT molecular complexity index is 1520. The lowest BCUT2D eigenvalue weighted by molar-refractivity contribution is -0.192. The number of carboxylic acid groups (broad SMARTS) is 1. The minimum atomic E-state index is -5.08. The molecule has 1 saturated heterocycles. The van der Waals surface area contributed by atoms with Crippen molar-refractivity contribution >= 4 is 45.1 Å². The molecule has 3 aromatic rings. The molecular weight excluding hydrogens is 661 g/mol. The van der Waals surface area contributed by atoms with Crippen molar-refractivity contribution in [3.8, 4) is 0 Å². The van der Waals surface area contributed by atoms with Gasteiger partial charge in [0.25, 0.3) is 5.91 Å². The fourth-order valence-electron chi connectivity index (χ4n) is 6.12. The molecule has 5 rings (SSSR count). The standard InChI is InChI=1S/C33H42N4O4S.C2HF3O2/c1-41-26-14-20-37(21-15-26)19-9-18-34-30(38)27(22-24-10-3-2-4-11-24)35-32(40)33(16-7-8-17-33)36-31(39)29-23-25-12-5-6-13-28(25)42-29;3-2(4,5)1(6)7/h2-6,10-13,23,26-27H,7-9,14-22H2,1H3,(H,34,38)(H,35,40)(H,36,39);(H,6,7)/t27-;/m1./s1. The summed E-state index contributed by atoms with van der Waals surface area (Å²) in [7, 11) is 1.77. The molecule has 0 unspecified atom stereocenters. The number of nitrogens with zero attached hydrogens (tertiary/aromatic N) is 1. The fourth-order valence-corrected chi connectivity index (χ4v) is 7.08. The number of nitrogens with one attached hydrogen (secondary N) is 3. The van der Waals surface area contributed by atoms with E-state index in [1.807, 2.05) is 60.7 Å². The van der Waals surface area contributed by atoms with Crippen molar-refractivity contribution in [2.24, 2.45) is 0 Å². The number of alkyl halides is 3. The zero-order valence-corrected chi connectivity index (χ0v) is 28.2. The van der Waals surface area contributed by atoms with E-state index in [0.29, 0.717) is 36.8 Å². The highest BCUT2D eigenvalue weighted by atomic mass is 32.1. The molecule has 2 fully saturated rings. The van der Waals surface area contributed by atoms with Gasteiger partial charge in [-0.3, -0.25) is 14.4 Å². The van der Waals surface area contributed by atoms with Gasteiger partial charge in [0.2, 0.25) is 11.8 Å². The number of piperidine rings is 1. The van der Waals surface area contributed by atoms with E-state index < -0.39 is 23.7 Å². The topological polar surface area (TPSA) is 137 Å². The lowest BCUT2D eigenvalue weighted by Crippen LogP contribution is -2.61. The Morgan fingerprint density at radius 2 is 1.65 bits per heavy atom. The predicted octanol–water partition coefficient (Wildman–Crippen LogP) is 4.92. The van der Waals surface area contributed by atoms with E-state index in [1.165, 1.54) is 11.3 Å². The molecule has 3 amide bonds. The van der Waals surface area contributed by atoms with Crippen LogP contribution in [0.3, 0.4) is 0 Å². The maximum Gasteiger partial charge on any atom is 0.490 e. The molecule has 1 aliphatic heterocycles. The summed E-state index contributed by atoms with van der Waals surface area (Å²) in [6.07, 6.45) is 1.35. The van der Waals surface area contributed by atoms with Gasteiger partial charge in [0.15, 0.2) is 0 Å². The Morgan fingerprint density at radius 1 is 1.02 bits per heavy atom. The van der Waals surface area contributed by atoms with Crippen LogP contribution in [0.15, 0.2) is 60.7 Å². The van der Waals surface area contributed by atoms with Gasteiger partial charge in [0.1, 0.15) is 11.6 Å². The minimum Gasteiger partial charge on any atom is -0.475 e. The quantitative estimate of drug-likeness (QED) is 0.197. The van der Waals surface area contributed by atoms with Crippen LogP contribution in [0.4, 0.5) is 13.2 Å². The number of aliphatic carboxylic acids is 1. The molecule has 49 heavy (non-hydrogen) atoms. The third-order valence-electron chi connectivity index (χ3n) is 8.86. The highest BCUT2D eigenvalue weighted by Gasteiger charge is 2.44. The molecule has 1 atom stereocenters. The number of benzene rings is 2. The van der Waals surface area contributed by atoms with Crippen LogP contribution in [0.1, 0.15) is 60.2 Å². The number of ether oxygens (including phenoxy) is 1. The van der Waals surface area contributed by atoms with Crippen LogP contribution in [0, 0.1) is 0 Å². The first-order chi connectivity index (χ1) is 23.4. The summed E-state index contributed by atoms with van der Waals surface area (Å²) in [6, 6.07) is 18.7. The minimum absolute atomic E-state index is 0.200. The molecule has 2 aromatic carbocycles. The number of likely N-dealkylation sites (tertiary alicyclic amines) is 1. The van der Waals surface area contributed by atoms with Gasteiger partial charge < -0.3 is 30.7 Å². The summed E-state index contributed by atoms with van der Waals surface area (Å²) < 4.78 is 38.2. The molecule has 1 saturated carbocycles. The molecule has 2 aliphatic rings. The normalized spacial score (nSPS) is 17.1. The molecular formula is C35H43F3N4O6S. The van der Waals surface area contributed by atoms with E-state index in [-0.39, 0.29) is 17.7 Å². The maximum atomic E-state index is 13.9. The number of carbonyl (C=O) groups excluding carboxylic acids is 3. The monoisotopic (exact) mass is 704 g/mol. The summed E-state index contributed by atoms with van der Waals surface area (Å²) in [4.78, 5) is 52.6. The summed E-state index contributed by atoms with van der Waals surface area (Å²) in [5.41, 5.74) is -0.0645. The van der Waals surface area contributed by atoms with E-state index >= 15 is 0 Å². The summed E-state index contributed by atoms with van der Waals surface area (Å²) >= 11 is 1.42. The van der Waals surface area contributed by atoms with Gasteiger partial charge in [-0.1, -0.05) is 61.4 Å². The van der Waals surface area contributed by atoms with Crippen LogP contribution >= 0.6 is 11.3 Å². The van der Waals surface area contributed by atoms with Gasteiger partial charge in [-0.15, -0.1) is 11.3 Å². The Morgan fingerprint density at radius 3 is 2.27 bits per heavy atom.